The first kappa shape index (κ1) is 9.97. The molecule has 80 valence electrons. The molecule has 1 atom stereocenters. The third-order valence-electron chi connectivity index (χ3n) is 3.49. The number of hydrogen-bond donors (Lipinski definition) is 2. The maximum Gasteiger partial charge on any atom is 0.308 e. The van der Waals surface area contributed by atoms with Crippen molar-refractivity contribution in [3.05, 3.63) is 0 Å². The predicted molar refractivity (Wildman–Crippen MR) is 54.1 cm³/mol. The van der Waals surface area contributed by atoms with Gasteiger partial charge in [0.25, 0.3) is 0 Å². The molecular formula is C11H19NO2. The Morgan fingerprint density at radius 1 is 1.29 bits per heavy atom. The van der Waals surface area contributed by atoms with Crippen molar-refractivity contribution in [3.8, 4) is 0 Å². The molecule has 0 bridgehead atoms. The Morgan fingerprint density at radius 3 is 2.43 bits per heavy atom. The molecule has 2 rings (SSSR count). The van der Waals surface area contributed by atoms with Crippen molar-refractivity contribution < 1.29 is 9.90 Å². The van der Waals surface area contributed by atoms with E-state index in [2.05, 4.69) is 5.32 Å². The molecule has 0 heterocycles. The standard InChI is InChI=1S/C11H19NO2/c13-11(14)10(8-5-6-8)7-12-9-3-1-2-4-9/h8-10,12H,1-7H2,(H,13,14). The van der Waals surface area contributed by atoms with Crippen LogP contribution in [0.25, 0.3) is 0 Å². The number of nitrogens with one attached hydrogen (secondary N) is 1. The first-order valence-electron chi connectivity index (χ1n) is 5.73. The van der Waals surface area contributed by atoms with Gasteiger partial charge in [0.05, 0.1) is 5.92 Å². The van der Waals surface area contributed by atoms with Gasteiger partial charge in [-0.2, -0.15) is 0 Å². The molecule has 2 saturated carbocycles. The zero-order valence-electron chi connectivity index (χ0n) is 8.54. The highest BCUT2D eigenvalue weighted by Gasteiger charge is 2.36. The summed E-state index contributed by atoms with van der Waals surface area (Å²) in [5, 5.41) is 12.4. The van der Waals surface area contributed by atoms with Crippen LogP contribution in [-0.2, 0) is 4.79 Å². The lowest BCUT2D eigenvalue weighted by Gasteiger charge is -2.16. The van der Waals surface area contributed by atoms with E-state index in [0.717, 1.165) is 12.8 Å². The second kappa shape index (κ2) is 4.30. The minimum atomic E-state index is -0.613. The maximum atomic E-state index is 10.9. The molecule has 2 aliphatic carbocycles. The molecule has 3 heteroatoms. The van der Waals surface area contributed by atoms with Crippen LogP contribution in [0.15, 0.2) is 0 Å². The highest BCUT2D eigenvalue weighted by molar-refractivity contribution is 5.71. The number of aliphatic carboxylic acids is 1. The lowest BCUT2D eigenvalue weighted by molar-refractivity contribution is -0.142. The molecule has 2 fully saturated rings. The third-order valence-corrected chi connectivity index (χ3v) is 3.49. The molecule has 2 aliphatic rings. The molecule has 0 radical (unpaired) electrons. The number of carboxylic acids is 1. The SMILES string of the molecule is O=C(O)C(CNC1CCCC1)C1CC1. The van der Waals surface area contributed by atoms with E-state index in [1.54, 1.807) is 0 Å². The van der Waals surface area contributed by atoms with Gasteiger partial charge in [-0.1, -0.05) is 12.8 Å². The largest absolute Gasteiger partial charge is 0.481 e. The molecule has 0 aromatic heterocycles. The Labute approximate surface area is 84.9 Å². The molecule has 0 aliphatic heterocycles. The van der Waals surface area contributed by atoms with Gasteiger partial charge >= 0.3 is 5.97 Å². The lowest BCUT2D eigenvalue weighted by atomic mass is 10.0. The van der Waals surface area contributed by atoms with Crippen LogP contribution in [0.2, 0.25) is 0 Å². The first-order valence-corrected chi connectivity index (χ1v) is 5.73. The summed E-state index contributed by atoms with van der Waals surface area (Å²) in [5.41, 5.74) is 0. The van der Waals surface area contributed by atoms with Crippen molar-refractivity contribution in [2.75, 3.05) is 6.54 Å². The summed E-state index contributed by atoms with van der Waals surface area (Å²) in [4.78, 5) is 10.9. The van der Waals surface area contributed by atoms with Crippen LogP contribution in [0.1, 0.15) is 38.5 Å². The fourth-order valence-corrected chi connectivity index (χ4v) is 2.38. The quantitative estimate of drug-likeness (QED) is 0.704. The molecule has 14 heavy (non-hydrogen) atoms. The van der Waals surface area contributed by atoms with Gasteiger partial charge in [0, 0.05) is 12.6 Å². The van der Waals surface area contributed by atoms with Gasteiger partial charge in [-0.25, -0.2) is 0 Å². The maximum absolute atomic E-state index is 10.9. The Morgan fingerprint density at radius 2 is 1.93 bits per heavy atom. The summed E-state index contributed by atoms with van der Waals surface area (Å²) in [7, 11) is 0. The fourth-order valence-electron chi connectivity index (χ4n) is 2.38. The molecule has 0 saturated heterocycles. The molecule has 2 N–H and O–H groups in total. The van der Waals surface area contributed by atoms with Gasteiger partial charge in [-0.15, -0.1) is 0 Å². The van der Waals surface area contributed by atoms with Crippen LogP contribution < -0.4 is 5.32 Å². The second-order valence-corrected chi connectivity index (χ2v) is 4.67. The summed E-state index contributed by atoms with van der Waals surface area (Å²) >= 11 is 0. The van der Waals surface area contributed by atoms with Gasteiger partial charge in [-0.3, -0.25) is 4.79 Å². The van der Waals surface area contributed by atoms with E-state index in [1.165, 1.54) is 25.7 Å². The molecular weight excluding hydrogens is 178 g/mol. The number of rotatable bonds is 5. The predicted octanol–water partition coefficient (Wildman–Crippen LogP) is 1.63. The van der Waals surface area contributed by atoms with Crippen molar-refractivity contribution in [3.63, 3.8) is 0 Å². The van der Waals surface area contributed by atoms with Gasteiger partial charge in [0.15, 0.2) is 0 Å². The summed E-state index contributed by atoms with van der Waals surface area (Å²) in [5.74, 6) is -0.282. The van der Waals surface area contributed by atoms with Crippen LogP contribution in [0.3, 0.4) is 0 Å². The molecule has 3 nitrogen and oxygen atoms in total. The molecule has 0 amide bonds. The van der Waals surface area contributed by atoms with E-state index in [9.17, 15) is 4.79 Å². The summed E-state index contributed by atoms with van der Waals surface area (Å²) in [6, 6.07) is 0.593. The Kier molecular flexibility index (Phi) is 3.06. The highest BCUT2D eigenvalue weighted by Crippen LogP contribution is 2.36. The van der Waals surface area contributed by atoms with Crippen LogP contribution in [0.4, 0.5) is 0 Å². The summed E-state index contributed by atoms with van der Waals surface area (Å²) < 4.78 is 0. The Balaban J connectivity index is 1.73. The van der Waals surface area contributed by atoms with Gasteiger partial charge in [0.1, 0.15) is 0 Å². The van der Waals surface area contributed by atoms with Crippen molar-refractivity contribution in [1.29, 1.82) is 0 Å². The zero-order chi connectivity index (χ0) is 9.97. The van der Waals surface area contributed by atoms with Crippen molar-refractivity contribution in [2.45, 2.75) is 44.6 Å². The Hall–Kier alpha value is -0.570. The highest BCUT2D eigenvalue weighted by atomic mass is 16.4. The summed E-state index contributed by atoms with van der Waals surface area (Å²) in [6.45, 7) is 0.685. The van der Waals surface area contributed by atoms with Crippen LogP contribution >= 0.6 is 0 Å². The molecule has 0 spiro atoms. The van der Waals surface area contributed by atoms with Gasteiger partial charge in [0.2, 0.25) is 0 Å². The van der Waals surface area contributed by atoms with E-state index in [0.29, 0.717) is 18.5 Å². The lowest BCUT2D eigenvalue weighted by Crippen LogP contribution is -2.35. The van der Waals surface area contributed by atoms with Crippen LogP contribution in [0, 0.1) is 11.8 Å². The normalized spacial score (nSPS) is 25.1. The van der Waals surface area contributed by atoms with Crippen LogP contribution in [-0.4, -0.2) is 23.7 Å². The minimum Gasteiger partial charge on any atom is -0.481 e. The fraction of sp³-hybridized carbons (Fsp3) is 0.909. The smallest absolute Gasteiger partial charge is 0.308 e. The van der Waals surface area contributed by atoms with Crippen molar-refractivity contribution in [1.82, 2.24) is 5.32 Å². The van der Waals surface area contributed by atoms with E-state index >= 15 is 0 Å². The number of hydrogen-bond acceptors (Lipinski definition) is 2. The van der Waals surface area contributed by atoms with Crippen molar-refractivity contribution >= 4 is 5.97 Å². The zero-order valence-corrected chi connectivity index (χ0v) is 8.54. The second-order valence-electron chi connectivity index (χ2n) is 4.67. The monoisotopic (exact) mass is 197 g/mol. The molecule has 0 aromatic carbocycles. The van der Waals surface area contributed by atoms with Crippen LogP contribution in [0.5, 0.6) is 0 Å². The van der Waals surface area contributed by atoms with E-state index in [4.69, 9.17) is 5.11 Å². The molecule has 1 unspecified atom stereocenters. The average Bonchev–Trinajstić information content (AvgIpc) is 2.82. The minimum absolute atomic E-state index is 0.129. The summed E-state index contributed by atoms with van der Waals surface area (Å²) in [6.07, 6.45) is 7.30. The third kappa shape index (κ3) is 2.47. The number of carboxylic acid groups (broad SMARTS) is 1. The van der Waals surface area contributed by atoms with Gasteiger partial charge < -0.3 is 10.4 Å². The number of carbonyl (C=O) groups is 1. The average molecular weight is 197 g/mol. The van der Waals surface area contributed by atoms with E-state index in [1.807, 2.05) is 0 Å². The van der Waals surface area contributed by atoms with Gasteiger partial charge in [-0.05, 0) is 31.6 Å². The topological polar surface area (TPSA) is 49.3 Å². The Bertz CT molecular complexity index is 207. The van der Waals surface area contributed by atoms with E-state index in [-0.39, 0.29) is 5.92 Å². The molecule has 0 aromatic rings. The van der Waals surface area contributed by atoms with Crippen molar-refractivity contribution in [2.24, 2.45) is 11.8 Å². The first-order chi connectivity index (χ1) is 6.77. The van der Waals surface area contributed by atoms with E-state index < -0.39 is 5.97 Å².